The van der Waals surface area contributed by atoms with Gasteiger partial charge in [-0.05, 0) is 42.0 Å². The highest BCUT2D eigenvalue weighted by Crippen LogP contribution is 2.40. The molecule has 1 nitrogen and oxygen atoms in total. The molecule has 0 heterocycles. The van der Waals surface area contributed by atoms with Gasteiger partial charge in [0.1, 0.15) is 11.6 Å². The maximum absolute atomic E-state index is 13.4. The average molecular weight is 453 g/mol. The zero-order valence-electron chi connectivity index (χ0n) is 9.96. The third-order valence-electron chi connectivity index (χ3n) is 2.70. The van der Waals surface area contributed by atoms with Gasteiger partial charge in [-0.15, -0.1) is 0 Å². The first kappa shape index (κ1) is 15.0. The molecule has 100 valence electrons. The molecule has 0 N–H and O–H groups in total. The zero-order chi connectivity index (χ0) is 14.0. The Kier molecular flexibility index (Phi) is 5.03. The first-order valence-electron chi connectivity index (χ1n) is 5.45. The van der Waals surface area contributed by atoms with Crippen LogP contribution in [0, 0.1) is 5.82 Å². The van der Waals surface area contributed by atoms with Crippen molar-refractivity contribution in [2.45, 2.75) is 4.83 Å². The third kappa shape index (κ3) is 3.38. The predicted molar refractivity (Wildman–Crippen MR) is 85.6 cm³/mol. The molecular weight excluding hydrogens is 443 g/mol. The summed E-state index contributed by atoms with van der Waals surface area (Å²) in [6.07, 6.45) is 0. The number of benzene rings is 2. The van der Waals surface area contributed by atoms with Crippen molar-refractivity contribution in [1.82, 2.24) is 0 Å². The molecule has 0 saturated carbocycles. The van der Waals surface area contributed by atoms with E-state index >= 15 is 0 Å². The second kappa shape index (κ2) is 6.37. The van der Waals surface area contributed by atoms with E-state index in [4.69, 9.17) is 4.74 Å². The summed E-state index contributed by atoms with van der Waals surface area (Å²) in [5.41, 5.74) is 1.75. The van der Waals surface area contributed by atoms with Crippen molar-refractivity contribution in [3.8, 4) is 5.75 Å². The number of hydrogen-bond donors (Lipinski definition) is 0. The highest BCUT2D eigenvalue weighted by molar-refractivity contribution is 9.11. The molecule has 2 aromatic rings. The van der Waals surface area contributed by atoms with E-state index < -0.39 is 0 Å². The summed E-state index contributed by atoms with van der Waals surface area (Å²) in [5, 5.41) is 0. The molecule has 0 aliphatic heterocycles. The minimum absolute atomic E-state index is 0.162. The summed E-state index contributed by atoms with van der Waals surface area (Å²) < 4.78 is 20.5. The lowest BCUT2D eigenvalue weighted by atomic mass is 10.0. The van der Waals surface area contributed by atoms with Gasteiger partial charge in [-0.2, -0.15) is 0 Å². The van der Waals surface area contributed by atoms with Gasteiger partial charge in [0.25, 0.3) is 0 Å². The van der Waals surface area contributed by atoms with Gasteiger partial charge < -0.3 is 4.74 Å². The number of ether oxygens (including phenoxy) is 1. The van der Waals surface area contributed by atoms with E-state index in [-0.39, 0.29) is 10.6 Å². The van der Waals surface area contributed by atoms with Crippen LogP contribution in [-0.4, -0.2) is 7.11 Å². The second-order valence-electron chi connectivity index (χ2n) is 3.91. The summed E-state index contributed by atoms with van der Waals surface area (Å²) in [6.45, 7) is 0. The summed E-state index contributed by atoms with van der Waals surface area (Å²) in [6, 6.07) is 10.4. The molecule has 5 heteroatoms. The monoisotopic (exact) mass is 450 g/mol. The summed E-state index contributed by atoms with van der Waals surface area (Å²) in [7, 11) is 1.62. The minimum Gasteiger partial charge on any atom is -0.496 e. The topological polar surface area (TPSA) is 9.23 Å². The van der Waals surface area contributed by atoms with E-state index in [9.17, 15) is 4.39 Å². The van der Waals surface area contributed by atoms with E-state index in [0.717, 1.165) is 25.8 Å². The van der Waals surface area contributed by atoms with E-state index in [1.54, 1.807) is 13.2 Å². The molecule has 0 spiro atoms. The van der Waals surface area contributed by atoms with E-state index in [0.29, 0.717) is 0 Å². The Hall–Kier alpha value is -0.390. The Morgan fingerprint density at radius 1 is 1.05 bits per heavy atom. The lowest BCUT2D eigenvalue weighted by Gasteiger charge is -2.16. The Morgan fingerprint density at radius 3 is 2.47 bits per heavy atom. The van der Waals surface area contributed by atoms with Crippen LogP contribution in [0.3, 0.4) is 0 Å². The maximum Gasteiger partial charge on any atom is 0.123 e. The molecule has 0 aliphatic rings. The van der Waals surface area contributed by atoms with Crippen LogP contribution in [0.1, 0.15) is 16.0 Å². The van der Waals surface area contributed by atoms with E-state index in [2.05, 4.69) is 47.8 Å². The predicted octanol–water partition coefficient (Wildman–Crippen LogP) is 5.84. The Morgan fingerprint density at radius 2 is 1.79 bits per heavy atom. The fourth-order valence-corrected chi connectivity index (χ4v) is 3.68. The fourth-order valence-electron chi connectivity index (χ4n) is 1.78. The number of halogens is 4. The van der Waals surface area contributed by atoms with Crippen LogP contribution in [0.2, 0.25) is 0 Å². The fraction of sp³-hybridized carbons (Fsp3) is 0.143. The van der Waals surface area contributed by atoms with Gasteiger partial charge in [0.05, 0.1) is 11.9 Å². The summed E-state index contributed by atoms with van der Waals surface area (Å²) >= 11 is 10.5. The number of methoxy groups -OCH3 is 1. The smallest absolute Gasteiger partial charge is 0.123 e. The van der Waals surface area contributed by atoms with Gasteiger partial charge in [0.15, 0.2) is 0 Å². The van der Waals surface area contributed by atoms with Gasteiger partial charge in [-0.3, -0.25) is 0 Å². The van der Waals surface area contributed by atoms with Crippen LogP contribution in [0.4, 0.5) is 4.39 Å². The average Bonchev–Trinajstić information content (AvgIpc) is 2.40. The second-order valence-corrected chi connectivity index (χ2v) is 6.60. The molecule has 0 amide bonds. The summed E-state index contributed by atoms with van der Waals surface area (Å²) in [5.74, 6) is 0.484. The molecule has 0 aliphatic carbocycles. The Bertz CT molecular complexity index is 601. The van der Waals surface area contributed by atoms with Crippen LogP contribution >= 0.6 is 47.8 Å². The van der Waals surface area contributed by atoms with Crippen molar-refractivity contribution in [1.29, 1.82) is 0 Å². The first-order valence-corrected chi connectivity index (χ1v) is 7.95. The molecule has 0 saturated heterocycles. The van der Waals surface area contributed by atoms with Gasteiger partial charge in [-0.25, -0.2) is 4.39 Å². The molecule has 0 bridgehead atoms. The molecule has 2 aromatic carbocycles. The lowest BCUT2D eigenvalue weighted by molar-refractivity contribution is 0.410. The SMILES string of the molecule is COc1ccc(Br)cc1C(Br)c1cc(F)ccc1Br. The largest absolute Gasteiger partial charge is 0.496 e. The summed E-state index contributed by atoms with van der Waals surface area (Å²) in [4.78, 5) is -0.162. The molecular formula is C14H10Br3FO. The van der Waals surface area contributed by atoms with Gasteiger partial charge in [0.2, 0.25) is 0 Å². The zero-order valence-corrected chi connectivity index (χ0v) is 14.7. The molecule has 1 unspecified atom stereocenters. The number of hydrogen-bond acceptors (Lipinski definition) is 1. The minimum atomic E-state index is -0.267. The van der Waals surface area contributed by atoms with Crippen molar-refractivity contribution < 1.29 is 9.13 Å². The van der Waals surface area contributed by atoms with E-state index in [1.165, 1.54) is 12.1 Å². The van der Waals surface area contributed by atoms with Crippen molar-refractivity contribution in [3.05, 3.63) is 62.3 Å². The molecule has 2 rings (SSSR count). The van der Waals surface area contributed by atoms with Crippen LogP contribution in [0.15, 0.2) is 45.3 Å². The van der Waals surface area contributed by atoms with Crippen LogP contribution < -0.4 is 4.74 Å². The Labute approximate surface area is 136 Å². The van der Waals surface area contributed by atoms with Gasteiger partial charge >= 0.3 is 0 Å². The van der Waals surface area contributed by atoms with Gasteiger partial charge in [-0.1, -0.05) is 47.8 Å². The van der Waals surface area contributed by atoms with Crippen molar-refractivity contribution in [2.24, 2.45) is 0 Å². The molecule has 1 atom stereocenters. The first-order chi connectivity index (χ1) is 9.02. The highest BCUT2D eigenvalue weighted by atomic mass is 79.9. The standard InChI is InChI=1S/C14H10Br3FO/c1-19-13-5-2-8(15)6-11(13)14(17)10-7-9(18)3-4-12(10)16/h2-7,14H,1H3. The number of rotatable bonds is 3. The van der Waals surface area contributed by atoms with Crippen LogP contribution in [-0.2, 0) is 0 Å². The van der Waals surface area contributed by atoms with Gasteiger partial charge in [0, 0.05) is 14.5 Å². The normalized spacial score (nSPS) is 12.3. The highest BCUT2D eigenvalue weighted by Gasteiger charge is 2.18. The lowest BCUT2D eigenvalue weighted by Crippen LogP contribution is -1.99. The maximum atomic E-state index is 13.4. The van der Waals surface area contributed by atoms with Crippen molar-refractivity contribution >= 4 is 47.8 Å². The Balaban J connectivity index is 2.51. The molecule has 0 aromatic heterocycles. The van der Waals surface area contributed by atoms with Crippen molar-refractivity contribution in [2.75, 3.05) is 7.11 Å². The third-order valence-corrected chi connectivity index (χ3v) is 4.90. The molecule has 0 radical (unpaired) electrons. The van der Waals surface area contributed by atoms with Crippen molar-refractivity contribution in [3.63, 3.8) is 0 Å². The molecule has 19 heavy (non-hydrogen) atoms. The molecule has 0 fully saturated rings. The van der Waals surface area contributed by atoms with Crippen LogP contribution in [0.25, 0.3) is 0 Å². The quantitative estimate of drug-likeness (QED) is 0.531. The van der Waals surface area contributed by atoms with Crippen LogP contribution in [0.5, 0.6) is 5.75 Å². The number of alkyl halides is 1. The van der Waals surface area contributed by atoms with E-state index in [1.807, 2.05) is 18.2 Å².